The lowest BCUT2D eigenvalue weighted by Gasteiger charge is -2.19. The Hall–Kier alpha value is -1.46. The van der Waals surface area contributed by atoms with Crippen molar-refractivity contribution in [2.75, 3.05) is 27.3 Å². The molecule has 20 heavy (non-hydrogen) atoms. The Morgan fingerprint density at radius 1 is 1.35 bits per heavy atom. The smallest absolute Gasteiger partial charge is 0.223 e. The highest BCUT2D eigenvalue weighted by Crippen LogP contribution is 2.25. The summed E-state index contributed by atoms with van der Waals surface area (Å²) in [6, 6.07) is 7.31. The fourth-order valence-electron chi connectivity index (χ4n) is 1.59. The van der Waals surface area contributed by atoms with E-state index in [-0.39, 0.29) is 24.4 Å². The van der Waals surface area contributed by atoms with Gasteiger partial charge in [0.2, 0.25) is 5.91 Å². The van der Waals surface area contributed by atoms with Gasteiger partial charge < -0.3 is 20.1 Å². The van der Waals surface area contributed by atoms with Crippen molar-refractivity contribution in [2.45, 2.75) is 19.4 Å². The Morgan fingerprint density at radius 3 is 2.50 bits per heavy atom. The number of hydrogen-bond acceptors (Lipinski definition) is 4. The van der Waals surface area contributed by atoms with Gasteiger partial charge >= 0.3 is 0 Å². The number of amides is 1. The summed E-state index contributed by atoms with van der Waals surface area (Å²) in [5.41, 5.74) is 5.59. The molecule has 1 aromatic rings. The fraction of sp³-hybridized carbons (Fsp3) is 0.500. The summed E-state index contributed by atoms with van der Waals surface area (Å²) in [6.45, 7) is 2.75. The monoisotopic (exact) mass is 302 g/mol. The van der Waals surface area contributed by atoms with Gasteiger partial charge in [0.25, 0.3) is 0 Å². The van der Waals surface area contributed by atoms with E-state index in [2.05, 4.69) is 0 Å². The highest BCUT2D eigenvalue weighted by molar-refractivity contribution is 5.85. The van der Waals surface area contributed by atoms with Crippen molar-refractivity contribution in [3.05, 3.63) is 24.3 Å². The van der Waals surface area contributed by atoms with Gasteiger partial charge in [-0.3, -0.25) is 4.79 Å². The second kappa shape index (κ2) is 9.44. The van der Waals surface area contributed by atoms with E-state index >= 15 is 0 Å². The Labute approximate surface area is 126 Å². The summed E-state index contributed by atoms with van der Waals surface area (Å²) in [5, 5.41) is 0. The largest absolute Gasteiger partial charge is 0.493 e. The number of benzene rings is 1. The van der Waals surface area contributed by atoms with E-state index in [1.54, 1.807) is 19.1 Å². The molecular weight excluding hydrogens is 280 g/mol. The van der Waals surface area contributed by atoms with Crippen molar-refractivity contribution in [2.24, 2.45) is 5.73 Å². The molecule has 0 heterocycles. The van der Waals surface area contributed by atoms with Crippen LogP contribution in [0.25, 0.3) is 0 Å². The molecule has 0 spiro atoms. The average molecular weight is 303 g/mol. The van der Waals surface area contributed by atoms with Crippen molar-refractivity contribution in [1.82, 2.24) is 4.90 Å². The normalized spacial score (nSPS) is 11.2. The van der Waals surface area contributed by atoms with Crippen molar-refractivity contribution in [3.8, 4) is 11.5 Å². The third-order valence-corrected chi connectivity index (χ3v) is 2.68. The van der Waals surface area contributed by atoms with Crippen molar-refractivity contribution in [3.63, 3.8) is 0 Å². The Balaban J connectivity index is 0.00000361. The number of methoxy groups -OCH3 is 1. The molecule has 1 rings (SSSR count). The zero-order chi connectivity index (χ0) is 14.3. The molecule has 0 aliphatic rings. The minimum absolute atomic E-state index is 0. The zero-order valence-electron chi connectivity index (χ0n) is 12.2. The molecule has 0 saturated heterocycles. The van der Waals surface area contributed by atoms with Crippen LogP contribution in [0.15, 0.2) is 24.3 Å². The number of nitrogens with two attached hydrogens (primary N) is 1. The number of carbonyl (C=O) groups is 1. The van der Waals surface area contributed by atoms with Crippen LogP contribution < -0.4 is 15.2 Å². The number of carbonyl (C=O) groups excluding carboxylic acids is 1. The number of nitrogens with zero attached hydrogens (tertiary/aromatic N) is 1. The lowest BCUT2D eigenvalue weighted by molar-refractivity contribution is -0.130. The second-order valence-electron chi connectivity index (χ2n) is 4.50. The van der Waals surface area contributed by atoms with E-state index < -0.39 is 0 Å². The average Bonchev–Trinajstić information content (AvgIpc) is 2.38. The molecule has 0 fully saturated rings. The van der Waals surface area contributed by atoms with Gasteiger partial charge in [-0.1, -0.05) is 12.1 Å². The summed E-state index contributed by atoms with van der Waals surface area (Å²) in [4.78, 5) is 13.3. The molecule has 0 radical (unpaired) electrons. The Bertz CT molecular complexity index is 413. The maximum atomic E-state index is 11.7. The Kier molecular flexibility index (Phi) is 8.76. The lowest BCUT2D eigenvalue weighted by atomic mass is 10.2. The molecule has 0 bridgehead atoms. The molecule has 1 amide bonds. The number of halogens is 1. The van der Waals surface area contributed by atoms with Crippen LogP contribution in [0.3, 0.4) is 0 Å². The highest BCUT2D eigenvalue weighted by atomic mass is 35.5. The molecular formula is C14H23ClN2O3. The van der Waals surface area contributed by atoms with Gasteiger partial charge in [0.15, 0.2) is 11.5 Å². The maximum Gasteiger partial charge on any atom is 0.223 e. The van der Waals surface area contributed by atoms with Crippen molar-refractivity contribution >= 4 is 18.3 Å². The summed E-state index contributed by atoms with van der Waals surface area (Å²) < 4.78 is 10.8. The minimum atomic E-state index is -0.120. The maximum absolute atomic E-state index is 11.7. The van der Waals surface area contributed by atoms with Gasteiger partial charge in [-0.05, 0) is 19.1 Å². The van der Waals surface area contributed by atoms with Crippen LogP contribution in [0.1, 0.15) is 13.3 Å². The molecule has 0 aliphatic carbocycles. The van der Waals surface area contributed by atoms with Crippen LogP contribution in [-0.4, -0.2) is 44.2 Å². The molecule has 6 heteroatoms. The molecule has 1 unspecified atom stereocenters. The van der Waals surface area contributed by atoms with Crippen LogP contribution in [0.4, 0.5) is 0 Å². The topological polar surface area (TPSA) is 64.8 Å². The van der Waals surface area contributed by atoms with E-state index in [1.165, 1.54) is 0 Å². The Morgan fingerprint density at radius 2 is 1.95 bits per heavy atom. The first-order valence-electron chi connectivity index (χ1n) is 6.30. The van der Waals surface area contributed by atoms with Crippen LogP contribution >= 0.6 is 12.4 Å². The number of likely N-dealkylation sites (N-methyl/N-ethyl adjacent to an activating group) is 1. The predicted octanol–water partition coefficient (Wildman–Crippen LogP) is 1.69. The molecule has 5 nitrogen and oxygen atoms in total. The molecule has 0 saturated carbocycles. The van der Waals surface area contributed by atoms with Gasteiger partial charge in [0.1, 0.15) is 6.61 Å². The van der Waals surface area contributed by atoms with Gasteiger partial charge in [-0.2, -0.15) is 0 Å². The molecule has 114 valence electrons. The third kappa shape index (κ3) is 6.12. The SMILES string of the molecule is COc1ccccc1OCCN(C)C(=O)CC(C)N.Cl. The van der Waals surface area contributed by atoms with Crippen LogP contribution in [0.2, 0.25) is 0 Å². The number of rotatable bonds is 7. The summed E-state index contributed by atoms with van der Waals surface area (Å²) in [5.74, 6) is 1.39. The van der Waals surface area contributed by atoms with Crippen molar-refractivity contribution < 1.29 is 14.3 Å². The van der Waals surface area contributed by atoms with Crippen LogP contribution in [0, 0.1) is 0 Å². The van der Waals surface area contributed by atoms with Gasteiger partial charge in [0.05, 0.1) is 13.7 Å². The highest BCUT2D eigenvalue weighted by Gasteiger charge is 2.11. The fourth-order valence-corrected chi connectivity index (χ4v) is 1.59. The van der Waals surface area contributed by atoms with E-state index in [0.717, 1.165) is 0 Å². The van der Waals surface area contributed by atoms with Gasteiger partial charge in [-0.25, -0.2) is 0 Å². The van der Waals surface area contributed by atoms with E-state index in [1.807, 2.05) is 31.2 Å². The lowest BCUT2D eigenvalue weighted by Crippen LogP contribution is -2.34. The first-order chi connectivity index (χ1) is 9.04. The van der Waals surface area contributed by atoms with Gasteiger partial charge in [-0.15, -0.1) is 12.4 Å². The standard InChI is InChI=1S/C14H22N2O3.ClH/c1-11(15)10-14(17)16(2)8-9-19-13-7-5-4-6-12(13)18-3;/h4-7,11H,8-10,15H2,1-3H3;1H. The molecule has 0 aliphatic heterocycles. The summed E-state index contributed by atoms with van der Waals surface area (Å²) in [7, 11) is 3.34. The van der Waals surface area contributed by atoms with Crippen LogP contribution in [-0.2, 0) is 4.79 Å². The molecule has 2 N–H and O–H groups in total. The quantitative estimate of drug-likeness (QED) is 0.832. The number of ether oxygens (including phenoxy) is 2. The van der Waals surface area contributed by atoms with E-state index in [4.69, 9.17) is 15.2 Å². The molecule has 1 aromatic carbocycles. The number of para-hydroxylation sites is 2. The minimum Gasteiger partial charge on any atom is -0.493 e. The molecule has 0 aromatic heterocycles. The summed E-state index contributed by atoms with van der Waals surface area (Å²) >= 11 is 0. The first-order valence-corrected chi connectivity index (χ1v) is 6.30. The summed E-state index contributed by atoms with van der Waals surface area (Å²) in [6.07, 6.45) is 0.352. The van der Waals surface area contributed by atoms with E-state index in [9.17, 15) is 4.79 Å². The number of hydrogen-bond donors (Lipinski definition) is 1. The molecule has 1 atom stereocenters. The van der Waals surface area contributed by atoms with Crippen molar-refractivity contribution in [1.29, 1.82) is 0 Å². The predicted molar refractivity (Wildman–Crippen MR) is 81.6 cm³/mol. The first kappa shape index (κ1) is 18.5. The van der Waals surface area contributed by atoms with Gasteiger partial charge in [0, 0.05) is 19.5 Å². The van der Waals surface area contributed by atoms with E-state index in [0.29, 0.717) is 31.1 Å². The second-order valence-corrected chi connectivity index (χ2v) is 4.50. The third-order valence-electron chi connectivity index (χ3n) is 2.68. The van der Waals surface area contributed by atoms with Crippen LogP contribution in [0.5, 0.6) is 11.5 Å². The zero-order valence-corrected chi connectivity index (χ0v) is 13.0.